The molecular weight excluding hydrogens is 274 g/mol. The van der Waals surface area contributed by atoms with E-state index >= 15 is 0 Å². The number of amides is 1. The van der Waals surface area contributed by atoms with Gasteiger partial charge in [0.25, 0.3) is 5.91 Å². The molecule has 1 aromatic carbocycles. The van der Waals surface area contributed by atoms with Gasteiger partial charge in [-0.2, -0.15) is 0 Å². The van der Waals surface area contributed by atoms with Crippen molar-refractivity contribution in [2.45, 2.75) is 17.3 Å². The van der Waals surface area contributed by atoms with Crippen molar-refractivity contribution in [1.29, 1.82) is 0 Å². The first-order valence-corrected chi connectivity index (χ1v) is 7.00. The van der Waals surface area contributed by atoms with Crippen LogP contribution in [0.25, 0.3) is 0 Å². The predicted octanol–water partition coefficient (Wildman–Crippen LogP) is 1.47. The minimum atomic E-state index is -0.351. The van der Waals surface area contributed by atoms with Gasteiger partial charge >= 0.3 is 0 Å². The van der Waals surface area contributed by atoms with Crippen molar-refractivity contribution in [3.8, 4) is 0 Å². The zero-order chi connectivity index (χ0) is 14.4. The molecule has 2 aromatic rings. The Bertz CT molecular complexity index is 570. The first-order chi connectivity index (χ1) is 9.72. The fourth-order valence-corrected chi connectivity index (χ4v) is 2.39. The molecule has 1 heterocycles. The third-order valence-electron chi connectivity index (χ3n) is 2.71. The van der Waals surface area contributed by atoms with Gasteiger partial charge in [-0.1, -0.05) is 12.1 Å². The van der Waals surface area contributed by atoms with Gasteiger partial charge in [-0.15, -0.1) is 11.8 Å². The molecule has 0 aliphatic rings. The van der Waals surface area contributed by atoms with E-state index in [0.717, 1.165) is 16.2 Å². The normalized spacial score (nSPS) is 10.3. The summed E-state index contributed by atoms with van der Waals surface area (Å²) in [6.45, 7) is 0.0527. The van der Waals surface area contributed by atoms with Crippen LogP contribution < -0.4 is 11.3 Å². The van der Waals surface area contributed by atoms with Crippen molar-refractivity contribution in [2.24, 2.45) is 5.84 Å². The number of hydrazine groups is 1. The van der Waals surface area contributed by atoms with Crippen LogP contribution in [0.15, 0.2) is 47.5 Å². The van der Waals surface area contributed by atoms with Gasteiger partial charge in [-0.25, -0.2) is 5.84 Å². The van der Waals surface area contributed by atoms with Crippen molar-refractivity contribution in [1.82, 2.24) is 10.4 Å². The molecule has 2 rings (SSSR count). The number of carbonyl (C=O) groups is 1. The second-order valence-electron chi connectivity index (χ2n) is 4.10. The van der Waals surface area contributed by atoms with Crippen molar-refractivity contribution in [2.75, 3.05) is 0 Å². The summed E-state index contributed by atoms with van der Waals surface area (Å²) in [7, 11) is 0. The minimum absolute atomic E-state index is 0.0527. The van der Waals surface area contributed by atoms with E-state index in [-0.39, 0.29) is 12.5 Å². The molecule has 0 saturated heterocycles. The maximum absolute atomic E-state index is 11.3. The molecule has 6 heteroatoms. The average Bonchev–Trinajstić information content (AvgIpc) is 2.53. The molecule has 4 N–H and O–H groups in total. The van der Waals surface area contributed by atoms with Gasteiger partial charge in [-0.05, 0) is 29.8 Å². The lowest BCUT2D eigenvalue weighted by Crippen LogP contribution is -2.30. The Kier molecular flexibility index (Phi) is 5.11. The number of carbonyl (C=O) groups excluding carboxylic acids is 1. The molecule has 0 fully saturated rings. The Labute approximate surface area is 121 Å². The number of nitrogens with zero attached hydrogens (tertiary/aromatic N) is 1. The highest BCUT2D eigenvalue weighted by Crippen LogP contribution is 2.22. The van der Waals surface area contributed by atoms with Gasteiger partial charge in [0.15, 0.2) is 0 Å². The second kappa shape index (κ2) is 7.04. The number of hydrogen-bond donors (Lipinski definition) is 3. The summed E-state index contributed by atoms with van der Waals surface area (Å²) >= 11 is 1.64. The molecule has 0 aliphatic heterocycles. The Morgan fingerprint density at radius 1 is 1.25 bits per heavy atom. The summed E-state index contributed by atoms with van der Waals surface area (Å²) in [4.78, 5) is 16.6. The van der Waals surface area contributed by atoms with Crippen LogP contribution in [0.1, 0.15) is 21.6 Å². The van der Waals surface area contributed by atoms with E-state index in [0.29, 0.717) is 11.3 Å². The Balaban J connectivity index is 1.94. The molecule has 0 aliphatic carbocycles. The number of hydrogen-bond acceptors (Lipinski definition) is 5. The Morgan fingerprint density at radius 3 is 2.55 bits per heavy atom. The van der Waals surface area contributed by atoms with Crippen molar-refractivity contribution in [3.05, 3.63) is 59.4 Å². The minimum Gasteiger partial charge on any atom is -0.392 e. The summed E-state index contributed by atoms with van der Waals surface area (Å²) in [6, 6.07) is 11.2. The van der Waals surface area contributed by atoms with Gasteiger partial charge < -0.3 is 5.11 Å². The molecular formula is C14H15N3O2S. The van der Waals surface area contributed by atoms with Crippen molar-refractivity contribution < 1.29 is 9.90 Å². The van der Waals surface area contributed by atoms with E-state index in [1.165, 1.54) is 6.20 Å². The SMILES string of the molecule is NNC(=O)c1ccc(CSc2ccc(CO)cc2)nc1. The first kappa shape index (κ1) is 14.5. The molecule has 0 unspecified atom stereocenters. The molecule has 0 spiro atoms. The number of pyridine rings is 1. The van der Waals surface area contributed by atoms with E-state index in [1.807, 2.05) is 24.3 Å². The van der Waals surface area contributed by atoms with Crippen molar-refractivity contribution in [3.63, 3.8) is 0 Å². The molecule has 0 radical (unpaired) electrons. The molecule has 0 atom stereocenters. The van der Waals surface area contributed by atoms with Gasteiger partial charge in [-0.3, -0.25) is 15.2 Å². The number of aliphatic hydroxyl groups excluding tert-OH is 1. The molecule has 0 saturated carbocycles. The second-order valence-corrected chi connectivity index (χ2v) is 5.15. The monoisotopic (exact) mass is 289 g/mol. The highest BCUT2D eigenvalue weighted by Gasteiger charge is 2.04. The Hall–Kier alpha value is -1.89. The average molecular weight is 289 g/mol. The summed E-state index contributed by atoms with van der Waals surface area (Å²) < 4.78 is 0. The van der Waals surface area contributed by atoms with Crippen LogP contribution in [0.3, 0.4) is 0 Å². The standard InChI is InChI=1S/C14H15N3O2S/c15-17-14(19)11-3-4-12(16-7-11)9-20-13-5-1-10(8-18)2-6-13/h1-7,18H,8-9,15H2,(H,17,19). The molecule has 1 amide bonds. The van der Waals surface area contributed by atoms with Crippen LogP contribution in [0.4, 0.5) is 0 Å². The molecule has 5 nitrogen and oxygen atoms in total. The molecule has 20 heavy (non-hydrogen) atoms. The third-order valence-corrected chi connectivity index (χ3v) is 3.76. The van der Waals surface area contributed by atoms with Gasteiger partial charge in [0.1, 0.15) is 0 Å². The number of rotatable bonds is 5. The van der Waals surface area contributed by atoms with Crippen LogP contribution in [-0.2, 0) is 12.4 Å². The van der Waals surface area contributed by atoms with E-state index < -0.39 is 0 Å². The summed E-state index contributed by atoms with van der Waals surface area (Å²) in [5, 5.41) is 8.97. The fourth-order valence-electron chi connectivity index (χ4n) is 1.58. The quantitative estimate of drug-likeness (QED) is 0.336. The van der Waals surface area contributed by atoms with Crippen LogP contribution in [0, 0.1) is 0 Å². The lowest BCUT2D eigenvalue weighted by Gasteiger charge is -2.04. The van der Waals surface area contributed by atoms with E-state index in [1.54, 1.807) is 23.9 Å². The highest BCUT2D eigenvalue weighted by atomic mass is 32.2. The number of aliphatic hydroxyl groups is 1. The van der Waals surface area contributed by atoms with Gasteiger partial charge in [0.2, 0.25) is 0 Å². The number of nitrogens with one attached hydrogen (secondary N) is 1. The largest absolute Gasteiger partial charge is 0.392 e. The van der Waals surface area contributed by atoms with Crippen LogP contribution in [0.5, 0.6) is 0 Å². The predicted molar refractivity (Wildman–Crippen MR) is 77.8 cm³/mol. The number of aromatic nitrogens is 1. The number of thioether (sulfide) groups is 1. The zero-order valence-corrected chi connectivity index (χ0v) is 11.6. The van der Waals surface area contributed by atoms with Crippen LogP contribution in [0.2, 0.25) is 0 Å². The molecule has 0 bridgehead atoms. The maximum Gasteiger partial charge on any atom is 0.266 e. The zero-order valence-electron chi connectivity index (χ0n) is 10.7. The summed E-state index contributed by atoms with van der Waals surface area (Å²) in [6.07, 6.45) is 1.51. The fraction of sp³-hybridized carbons (Fsp3) is 0.143. The topological polar surface area (TPSA) is 88.2 Å². The smallest absolute Gasteiger partial charge is 0.266 e. The lowest BCUT2D eigenvalue weighted by atomic mass is 10.2. The summed E-state index contributed by atoms with van der Waals surface area (Å²) in [5.74, 6) is 5.41. The van der Waals surface area contributed by atoms with Gasteiger partial charge in [0.05, 0.1) is 17.9 Å². The number of benzene rings is 1. The molecule has 104 valence electrons. The summed E-state index contributed by atoms with van der Waals surface area (Å²) in [5.41, 5.74) is 4.28. The maximum atomic E-state index is 11.3. The Morgan fingerprint density at radius 2 is 2.00 bits per heavy atom. The van der Waals surface area contributed by atoms with Crippen LogP contribution >= 0.6 is 11.8 Å². The number of nitrogens with two attached hydrogens (primary N) is 1. The van der Waals surface area contributed by atoms with E-state index in [2.05, 4.69) is 10.4 Å². The number of nitrogen functional groups attached to an aromatic ring is 1. The lowest BCUT2D eigenvalue weighted by molar-refractivity contribution is 0.0953. The molecule has 1 aromatic heterocycles. The highest BCUT2D eigenvalue weighted by molar-refractivity contribution is 7.98. The first-order valence-electron chi connectivity index (χ1n) is 6.01. The van der Waals surface area contributed by atoms with Crippen LogP contribution in [-0.4, -0.2) is 16.0 Å². The van der Waals surface area contributed by atoms with Crippen molar-refractivity contribution >= 4 is 17.7 Å². The van der Waals surface area contributed by atoms with E-state index in [4.69, 9.17) is 10.9 Å². The third kappa shape index (κ3) is 3.80. The van der Waals surface area contributed by atoms with E-state index in [9.17, 15) is 4.79 Å². The van der Waals surface area contributed by atoms with Gasteiger partial charge in [0, 0.05) is 16.8 Å².